The van der Waals surface area contributed by atoms with E-state index in [1.807, 2.05) is 31.5 Å². The van der Waals surface area contributed by atoms with Crippen molar-refractivity contribution in [3.63, 3.8) is 0 Å². The van der Waals surface area contributed by atoms with Crippen molar-refractivity contribution in [2.75, 3.05) is 27.2 Å². The number of hydrazone groups is 1. The highest BCUT2D eigenvalue weighted by Gasteiger charge is 2.31. The van der Waals surface area contributed by atoms with E-state index in [4.69, 9.17) is 0 Å². The van der Waals surface area contributed by atoms with Gasteiger partial charge in [0.25, 0.3) is 0 Å². The van der Waals surface area contributed by atoms with Crippen molar-refractivity contribution in [3.05, 3.63) is 53.0 Å². The van der Waals surface area contributed by atoms with Crippen LogP contribution >= 0.6 is 15.9 Å². The van der Waals surface area contributed by atoms with Crippen molar-refractivity contribution < 1.29 is 8.42 Å². The molecule has 1 aromatic heterocycles. The molecule has 1 aliphatic heterocycles. The molecule has 0 aliphatic carbocycles. The molecule has 1 fully saturated rings. The number of nitrogens with zero attached hydrogens (tertiary/aromatic N) is 5. The molecule has 32 heavy (non-hydrogen) atoms. The molecule has 1 saturated heterocycles. The summed E-state index contributed by atoms with van der Waals surface area (Å²) < 4.78 is 27.2. The highest BCUT2D eigenvalue weighted by molar-refractivity contribution is 9.12. The minimum Gasteiger partial charge on any atom is -0.366 e. The molecule has 0 atom stereocenters. The third-order valence-electron chi connectivity index (χ3n) is 5.29. The molecule has 0 spiro atoms. The third-order valence-corrected chi connectivity index (χ3v) is 7.77. The second-order valence-electron chi connectivity index (χ2n) is 7.87. The van der Waals surface area contributed by atoms with Gasteiger partial charge in [0.1, 0.15) is 5.82 Å². The van der Waals surface area contributed by atoms with Crippen molar-refractivity contribution in [1.29, 1.82) is 0 Å². The van der Waals surface area contributed by atoms with E-state index in [0.29, 0.717) is 24.1 Å². The van der Waals surface area contributed by atoms with Crippen LogP contribution in [0.2, 0.25) is 0 Å². The number of halogens is 1. The molecule has 8 nitrogen and oxygen atoms in total. The van der Waals surface area contributed by atoms with E-state index in [1.165, 1.54) is 0 Å². The van der Waals surface area contributed by atoms with Crippen LogP contribution in [0.15, 0.2) is 57.6 Å². The Balaban J connectivity index is 2.18. The van der Waals surface area contributed by atoms with Crippen molar-refractivity contribution in [2.45, 2.75) is 38.5 Å². The number of aliphatic imine (C=N–C) groups is 1. The Labute approximate surface area is 200 Å². The van der Waals surface area contributed by atoms with E-state index in [0.717, 1.165) is 29.9 Å². The number of aromatic nitrogens is 1. The van der Waals surface area contributed by atoms with Crippen LogP contribution in [0.3, 0.4) is 0 Å². The molecule has 2 heterocycles. The molecule has 0 amide bonds. The van der Waals surface area contributed by atoms with Gasteiger partial charge in [-0.05, 0) is 54.2 Å². The minimum absolute atomic E-state index is 0.178. The Morgan fingerprint density at radius 3 is 2.66 bits per heavy atom. The summed E-state index contributed by atoms with van der Waals surface area (Å²) in [5.41, 5.74) is 1.96. The van der Waals surface area contributed by atoms with Gasteiger partial charge in [-0.15, -0.1) is 0 Å². The quantitative estimate of drug-likeness (QED) is 0.374. The summed E-state index contributed by atoms with van der Waals surface area (Å²) in [5.74, 6) is 0.953. The Hall–Kier alpha value is -2.04. The summed E-state index contributed by atoms with van der Waals surface area (Å²) in [4.78, 5) is 8.68. The SMILES string of the molecule is C=C(Br)/C=N\N(C)/C(=C\C(=N/C)C1CCN(S(=O)(=O)C(C)C)CC1)NCc1cccnc1. The summed E-state index contributed by atoms with van der Waals surface area (Å²) in [6.45, 7) is 8.83. The molecular weight excluding hydrogens is 492 g/mol. The van der Waals surface area contributed by atoms with E-state index in [1.54, 1.807) is 42.6 Å². The lowest BCUT2D eigenvalue weighted by Crippen LogP contribution is -2.43. The summed E-state index contributed by atoms with van der Waals surface area (Å²) >= 11 is 3.29. The maximum absolute atomic E-state index is 12.5. The zero-order chi connectivity index (χ0) is 23.7. The molecular formula is C22H33BrN6O2S. The first-order valence-corrected chi connectivity index (χ1v) is 12.9. The standard InChI is InChI=1S/C22H33BrN6O2S/c1-17(2)32(30,31)29-11-8-20(9-12-29)21(24-4)13-22(28(5)27-14-18(3)23)26-16-19-7-6-10-25-15-19/h6-7,10,13-15,17,20,26H,3,8-9,11-12,16H2,1-2,4-5H3/b22-13-,24-21+,27-14-. The van der Waals surface area contributed by atoms with E-state index in [-0.39, 0.29) is 5.92 Å². The second kappa shape index (κ2) is 12.3. The second-order valence-corrected chi connectivity index (χ2v) is 11.4. The van der Waals surface area contributed by atoms with Crippen LogP contribution in [0.1, 0.15) is 32.3 Å². The van der Waals surface area contributed by atoms with Crippen molar-refractivity contribution in [2.24, 2.45) is 16.0 Å². The molecule has 1 aliphatic rings. The van der Waals surface area contributed by atoms with Gasteiger partial charge in [0, 0.05) is 68.3 Å². The van der Waals surface area contributed by atoms with Gasteiger partial charge in [-0.2, -0.15) is 5.10 Å². The molecule has 0 bridgehead atoms. The molecule has 2 rings (SSSR count). The molecule has 1 aromatic rings. The van der Waals surface area contributed by atoms with Crippen molar-refractivity contribution >= 4 is 37.9 Å². The van der Waals surface area contributed by atoms with Gasteiger partial charge in [0.2, 0.25) is 10.0 Å². The summed E-state index contributed by atoms with van der Waals surface area (Å²) in [7, 11) is 0.389. The molecule has 0 aromatic carbocycles. The maximum atomic E-state index is 12.5. The zero-order valence-electron chi connectivity index (χ0n) is 19.2. The number of rotatable bonds is 10. The first-order chi connectivity index (χ1) is 15.1. The van der Waals surface area contributed by atoms with Crippen molar-refractivity contribution in [3.8, 4) is 0 Å². The predicted octanol–water partition coefficient (Wildman–Crippen LogP) is 3.36. The number of hydrogen-bond acceptors (Lipinski definition) is 7. The first kappa shape index (κ1) is 26.2. The normalized spacial score (nSPS) is 17.2. The highest BCUT2D eigenvalue weighted by atomic mass is 79.9. The fraction of sp³-hybridized carbons (Fsp3) is 0.500. The van der Waals surface area contributed by atoms with E-state index in [2.05, 4.69) is 42.9 Å². The predicted molar refractivity (Wildman–Crippen MR) is 135 cm³/mol. The molecule has 0 saturated carbocycles. The van der Waals surface area contributed by atoms with Gasteiger partial charge in [0.05, 0.1) is 11.5 Å². The monoisotopic (exact) mass is 524 g/mol. The summed E-state index contributed by atoms with van der Waals surface area (Å²) in [6, 6.07) is 3.90. The fourth-order valence-corrected chi connectivity index (χ4v) is 4.78. The van der Waals surface area contributed by atoms with Crippen LogP contribution < -0.4 is 5.32 Å². The third kappa shape index (κ3) is 7.53. The van der Waals surface area contributed by atoms with Gasteiger partial charge >= 0.3 is 0 Å². The summed E-state index contributed by atoms with van der Waals surface area (Å²) in [5, 5.41) is 9.14. The fourth-order valence-electron chi connectivity index (χ4n) is 3.37. The van der Waals surface area contributed by atoms with Crippen LogP contribution in [0.4, 0.5) is 0 Å². The van der Waals surface area contributed by atoms with Crippen LogP contribution in [0, 0.1) is 5.92 Å². The van der Waals surface area contributed by atoms with Gasteiger partial charge in [-0.25, -0.2) is 12.7 Å². The average Bonchev–Trinajstić information content (AvgIpc) is 2.78. The van der Waals surface area contributed by atoms with Gasteiger partial charge in [0.15, 0.2) is 0 Å². The number of pyridine rings is 1. The van der Waals surface area contributed by atoms with Crippen LogP contribution in [0.25, 0.3) is 0 Å². The van der Waals surface area contributed by atoms with Gasteiger partial charge < -0.3 is 5.32 Å². The maximum Gasteiger partial charge on any atom is 0.216 e. The van der Waals surface area contributed by atoms with Crippen LogP contribution in [0.5, 0.6) is 0 Å². The van der Waals surface area contributed by atoms with E-state index >= 15 is 0 Å². The zero-order valence-corrected chi connectivity index (χ0v) is 21.6. The first-order valence-electron chi connectivity index (χ1n) is 10.6. The van der Waals surface area contributed by atoms with E-state index in [9.17, 15) is 8.42 Å². The number of nitrogens with one attached hydrogen (secondary N) is 1. The van der Waals surface area contributed by atoms with Crippen LogP contribution in [-0.4, -0.2) is 67.1 Å². The van der Waals surface area contributed by atoms with Crippen molar-refractivity contribution in [1.82, 2.24) is 19.6 Å². The Kier molecular flexibility index (Phi) is 10.0. The van der Waals surface area contributed by atoms with E-state index < -0.39 is 15.3 Å². The Morgan fingerprint density at radius 2 is 2.12 bits per heavy atom. The lowest BCUT2D eigenvalue weighted by Gasteiger charge is -2.32. The summed E-state index contributed by atoms with van der Waals surface area (Å²) in [6.07, 6.45) is 8.63. The van der Waals surface area contributed by atoms with Crippen LogP contribution in [-0.2, 0) is 16.6 Å². The largest absolute Gasteiger partial charge is 0.366 e. The molecule has 1 N–H and O–H groups in total. The average molecular weight is 526 g/mol. The lowest BCUT2D eigenvalue weighted by atomic mass is 9.92. The smallest absolute Gasteiger partial charge is 0.216 e. The molecule has 0 radical (unpaired) electrons. The number of allylic oxidation sites excluding steroid dienone is 2. The number of piperidine rings is 1. The molecule has 10 heteroatoms. The molecule has 0 unspecified atom stereocenters. The number of hydrogen-bond donors (Lipinski definition) is 1. The minimum atomic E-state index is -3.23. The highest BCUT2D eigenvalue weighted by Crippen LogP contribution is 2.24. The van der Waals surface area contributed by atoms with Gasteiger partial charge in [-0.3, -0.25) is 15.0 Å². The topological polar surface area (TPSA) is 90.3 Å². The Bertz CT molecular complexity index is 952. The number of sulfonamides is 1. The van der Waals surface area contributed by atoms with Gasteiger partial charge in [-0.1, -0.05) is 12.6 Å². The molecule has 176 valence electrons. The lowest BCUT2D eigenvalue weighted by molar-refractivity contribution is 0.314. The Morgan fingerprint density at radius 1 is 1.44 bits per heavy atom.